The van der Waals surface area contributed by atoms with Crippen molar-refractivity contribution in [2.45, 2.75) is 19.0 Å². The summed E-state index contributed by atoms with van der Waals surface area (Å²) in [6, 6.07) is 4.48. The van der Waals surface area contributed by atoms with Gasteiger partial charge in [-0.2, -0.15) is 0 Å². The zero-order valence-corrected chi connectivity index (χ0v) is 13.4. The van der Waals surface area contributed by atoms with Crippen molar-refractivity contribution in [3.63, 3.8) is 0 Å². The van der Waals surface area contributed by atoms with Crippen molar-refractivity contribution >= 4 is 41.5 Å². The number of benzene rings is 1. The molecule has 1 amide bonds. The summed E-state index contributed by atoms with van der Waals surface area (Å²) in [7, 11) is 0. The summed E-state index contributed by atoms with van der Waals surface area (Å²) >= 11 is 11.6. The van der Waals surface area contributed by atoms with Gasteiger partial charge in [0.2, 0.25) is 0 Å². The van der Waals surface area contributed by atoms with Gasteiger partial charge in [0.25, 0.3) is 11.8 Å². The van der Waals surface area contributed by atoms with E-state index in [2.05, 4.69) is 5.32 Å². The Hall–Kier alpha value is -0.820. The largest absolute Gasteiger partial charge is 0.479 e. The number of amides is 1. The van der Waals surface area contributed by atoms with Crippen molar-refractivity contribution in [3.05, 3.63) is 28.2 Å². The minimum absolute atomic E-state index is 0. The Morgan fingerprint density at radius 1 is 1.48 bits per heavy atom. The molecule has 4 nitrogen and oxygen atoms in total. The van der Waals surface area contributed by atoms with Crippen LogP contribution in [0.1, 0.15) is 6.92 Å². The van der Waals surface area contributed by atoms with Gasteiger partial charge in [-0.05, 0) is 25.1 Å². The zero-order chi connectivity index (χ0) is 15.3. The fourth-order valence-electron chi connectivity index (χ4n) is 1.25. The van der Waals surface area contributed by atoms with Gasteiger partial charge < -0.3 is 15.8 Å². The summed E-state index contributed by atoms with van der Waals surface area (Å²) in [5.41, 5.74) is 4.86. The summed E-state index contributed by atoms with van der Waals surface area (Å²) < 4.78 is 31.1. The Balaban J connectivity index is 0.00000400. The van der Waals surface area contributed by atoms with Crippen molar-refractivity contribution in [1.29, 1.82) is 0 Å². The predicted molar refractivity (Wildman–Crippen MR) is 80.8 cm³/mol. The highest BCUT2D eigenvalue weighted by Crippen LogP contribution is 2.28. The lowest BCUT2D eigenvalue weighted by Crippen LogP contribution is -2.45. The molecule has 0 saturated heterocycles. The van der Waals surface area contributed by atoms with Gasteiger partial charge in [-0.3, -0.25) is 4.79 Å². The zero-order valence-electron chi connectivity index (χ0n) is 11.0. The third kappa shape index (κ3) is 6.65. The first kappa shape index (κ1) is 20.2. The number of carbonyl (C=O) groups excluding carboxylic acids is 1. The molecule has 0 aromatic heterocycles. The first-order chi connectivity index (χ1) is 9.25. The molecule has 0 aliphatic rings. The van der Waals surface area contributed by atoms with E-state index in [9.17, 15) is 13.6 Å². The van der Waals surface area contributed by atoms with E-state index in [-0.39, 0.29) is 23.2 Å². The second kappa shape index (κ2) is 8.58. The summed E-state index contributed by atoms with van der Waals surface area (Å²) in [4.78, 5) is 11.6. The van der Waals surface area contributed by atoms with Crippen molar-refractivity contribution in [2.75, 3.05) is 13.1 Å². The van der Waals surface area contributed by atoms with Gasteiger partial charge in [-0.15, -0.1) is 12.4 Å². The van der Waals surface area contributed by atoms with Crippen LogP contribution < -0.4 is 15.8 Å². The number of nitrogens with one attached hydrogen (secondary N) is 1. The molecule has 120 valence electrons. The second-order valence-electron chi connectivity index (χ2n) is 4.11. The van der Waals surface area contributed by atoms with Crippen LogP contribution in [-0.4, -0.2) is 31.0 Å². The molecule has 0 saturated carbocycles. The molecule has 3 N–H and O–H groups in total. The highest BCUT2D eigenvalue weighted by molar-refractivity contribution is 6.35. The molecular weight excluding hydrogens is 348 g/mol. The van der Waals surface area contributed by atoms with E-state index in [1.54, 1.807) is 0 Å². The molecular formula is C12H15Cl3F2N2O2. The monoisotopic (exact) mass is 362 g/mol. The molecule has 0 radical (unpaired) electrons. The standard InChI is InChI=1S/C12H14Cl2F2N2O2.ClH/c1-7(11(19)18-6-12(15,16)5-17)20-10-3-2-8(13)4-9(10)14;/h2-4,7H,5-6,17H2,1H3,(H,18,19);1H. The fraction of sp³-hybridized carbons (Fsp3) is 0.417. The minimum Gasteiger partial charge on any atom is -0.479 e. The van der Waals surface area contributed by atoms with Crippen molar-refractivity contribution < 1.29 is 18.3 Å². The highest BCUT2D eigenvalue weighted by Gasteiger charge is 2.28. The van der Waals surface area contributed by atoms with Crippen LogP contribution in [0, 0.1) is 0 Å². The lowest BCUT2D eigenvalue weighted by molar-refractivity contribution is -0.129. The Labute approximate surface area is 137 Å². The van der Waals surface area contributed by atoms with E-state index >= 15 is 0 Å². The molecule has 1 atom stereocenters. The topological polar surface area (TPSA) is 64.3 Å². The number of rotatable bonds is 6. The molecule has 0 spiro atoms. The van der Waals surface area contributed by atoms with E-state index in [4.69, 9.17) is 33.7 Å². The van der Waals surface area contributed by atoms with E-state index in [0.29, 0.717) is 5.02 Å². The summed E-state index contributed by atoms with van der Waals surface area (Å²) in [6.45, 7) is -0.267. The quantitative estimate of drug-likeness (QED) is 0.817. The third-order valence-corrected chi connectivity index (χ3v) is 2.92. The van der Waals surface area contributed by atoms with Gasteiger partial charge in [0.05, 0.1) is 18.1 Å². The SMILES string of the molecule is CC(Oc1ccc(Cl)cc1Cl)C(=O)NCC(F)(F)CN.Cl. The molecule has 0 aliphatic heterocycles. The van der Waals surface area contributed by atoms with Crippen molar-refractivity contribution in [3.8, 4) is 5.75 Å². The number of ether oxygens (including phenoxy) is 1. The summed E-state index contributed by atoms with van der Waals surface area (Å²) in [5, 5.41) is 2.71. The van der Waals surface area contributed by atoms with Gasteiger partial charge in [0.15, 0.2) is 6.10 Å². The van der Waals surface area contributed by atoms with Gasteiger partial charge in [0, 0.05) is 5.02 Å². The predicted octanol–water partition coefficient (Wildman–Crippen LogP) is 2.89. The van der Waals surface area contributed by atoms with E-state index < -0.39 is 31.0 Å². The lowest BCUT2D eigenvalue weighted by atomic mass is 10.3. The molecule has 9 heteroatoms. The van der Waals surface area contributed by atoms with Crippen LogP contribution in [0.5, 0.6) is 5.75 Å². The smallest absolute Gasteiger partial charge is 0.277 e. The average molecular weight is 364 g/mol. The van der Waals surface area contributed by atoms with E-state index in [1.165, 1.54) is 25.1 Å². The van der Waals surface area contributed by atoms with Gasteiger partial charge in [0.1, 0.15) is 5.75 Å². The van der Waals surface area contributed by atoms with Gasteiger partial charge in [-0.25, -0.2) is 8.78 Å². The molecule has 0 heterocycles. The van der Waals surface area contributed by atoms with Crippen LogP contribution >= 0.6 is 35.6 Å². The maximum Gasteiger partial charge on any atom is 0.277 e. The first-order valence-corrected chi connectivity index (χ1v) is 6.48. The van der Waals surface area contributed by atoms with Crippen LogP contribution in [0.2, 0.25) is 10.0 Å². The van der Waals surface area contributed by atoms with Crippen LogP contribution in [-0.2, 0) is 4.79 Å². The number of nitrogens with two attached hydrogens (primary N) is 1. The van der Waals surface area contributed by atoms with Crippen LogP contribution in [0.25, 0.3) is 0 Å². The maximum atomic E-state index is 12.9. The first-order valence-electron chi connectivity index (χ1n) is 5.72. The highest BCUT2D eigenvalue weighted by atomic mass is 35.5. The molecule has 1 rings (SSSR count). The average Bonchev–Trinajstić information content (AvgIpc) is 2.39. The number of hydrogen-bond acceptors (Lipinski definition) is 3. The number of hydrogen-bond donors (Lipinski definition) is 2. The Morgan fingerprint density at radius 2 is 2.10 bits per heavy atom. The lowest BCUT2D eigenvalue weighted by Gasteiger charge is -2.18. The Bertz CT molecular complexity index is 490. The van der Waals surface area contributed by atoms with Crippen molar-refractivity contribution in [1.82, 2.24) is 5.32 Å². The molecule has 1 aromatic rings. The van der Waals surface area contributed by atoms with E-state index in [1.807, 2.05) is 0 Å². The van der Waals surface area contributed by atoms with Gasteiger partial charge >= 0.3 is 0 Å². The molecule has 0 fully saturated rings. The second-order valence-corrected chi connectivity index (χ2v) is 4.96. The third-order valence-electron chi connectivity index (χ3n) is 2.39. The van der Waals surface area contributed by atoms with Crippen LogP contribution in [0.3, 0.4) is 0 Å². The Morgan fingerprint density at radius 3 is 2.62 bits per heavy atom. The number of alkyl halides is 2. The van der Waals surface area contributed by atoms with Crippen molar-refractivity contribution in [2.24, 2.45) is 5.73 Å². The Kier molecular flexibility index (Phi) is 8.25. The molecule has 0 aliphatic carbocycles. The molecule has 1 unspecified atom stereocenters. The van der Waals surface area contributed by atoms with Gasteiger partial charge in [-0.1, -0.05) is 23.2 Å². The number of carbonyl (C=O) groups is 1. The fourth-order valence-corrected chi connectivity index (χ4v) is 1.70. The summed E-state index contributed by atoms with van der Waals surface area (Å²) in [5.74, 6) is -3.60. The summed E-state index contributed by atoms with van der Waals surface area (Å²) in [6.07, 6.45) is -0.984. The minimum atomic E-state index is -3.15. The normalized spacial score (nSPS) is 12.3. The molecule has 1 aromatic carbocycles. The maximum absolute atomic E-state index is 12.9. The molecule has 0 bridgehead atoms. The van der Waals surface area contributed by atoms with E-state index in [0.717, 1.165) is 0 Å². The van der Waals surface area contributed by atoms with Crippen LogP contribution in [0.15, 0.2) is 18.2 Å². The number of halogens is 5. The van der Waals surface area contributed by atoms with Crippen LogP contribution in [0.4, 0.5) is 8.78 Å². The molecule has 21 heavy (non-hydrogen) atoms.